The van der Waals surface area contributed by atoms with Gasteiger partial charge in [0.25, 0.3) is 5.69 Å². The van der Waals surface area contributed by atoms with Crippen molar-refractivity contribution in [3.8, 4) is 0 Å². The highest BCUT2D eigenvalue weighted by Gasteiger charge is 2.51. The molecular weight excluding hydrogens is 318 g/mol. The molecule has 0 aliphatic heterocycles. The summed E-state index contributed by atoms with van der Waals surface area (Å²) in [5.74, 6) is -0.453. The van der Waals surface area contributed by atoms with Crippen molar-refractivity contribution < 1.29 is 14.5 Å². The third kappa shape index (κ3) is 2.80. The van der Waals surface area contributed by atoms with E-state index in [4.69, 9.17) is 4.74 Å². The van der Waals surface area contributed by atoms with Gasteiger partial charge in [-0.15, -0.1) is 6.58 Å². The van der Waals surface area contributed by atoms with E-state index in [0.29, 0.717) is 12.2 Å². The number of nitro benzene ring substituents is 1. The molecule has 0 heterocycles. The van der Waals surface area contributed by atoms with Gasteiger partial charge in [0.05, 0.1) is 18.0 Å². The van der Waals surface area contributed by atoms with Gasteiger partial charge in [-0.05, 0) is 12.8 Å². The van der Waals surface area contributed by atoms with Crippen LogP contribution in [0.4, 0.5) is 5.69 Å². The van der Waals surface area contributed by atoms with Gasteiger partial charge in [-0.25, -0.2) is 0 Å². The van der Waals surface area contributed by atoms with Gasteiger partial charge in [-0.2, -0.15) is 0 Å². The molecule has 0 fully saturated rings. The third-order valence-corrected chi connectivity index (χ3v) is 5.31. The Labute approximate surface area is 146 Å². The minimum Gasteiger partial charge on any atom is -0.466 e. The van der Waals surface area contributed by atoms with Gasteiger partial charge >= 0.3 is 5.97 Å². The number of ether oxygens (including phenoxy) is 1. The first-order chi connectivity index (χ1) is 12.0. The summed E-state index contributed by atoms with van der Waals surface area (Å²) in [5.41, 5.74) is 0.258. The highest BCUT2D eigenvalue weighted by molar-refractivity contribution is 5.71. The molecule has 5 heteroatoms. The van der Waals surface area contributed by atoms with Crippen molar-refractivity contribution in [3.63, 3.8) is 0 Å². The topological polar surface area (TPSA) is 69.4 Å². The number of nitro groups is 1. The fourth-order valence-electron chi connectivity index (χ4n) is 4.15. The monoisotopic (exact) mass is 339 g/mol. The van der Waals surface area contributed by atoms with E-state index in [0.717, 1.165) is 0 Å². The predicted molar refractivity (Wildman–Crippen MR) is 95.0 cm³/mol. The van der Waals surface area contributed by atoms with Crippen LogP contribution in [0.1, 0.15) is 24.8 Å². The van der Waals surface area contributed by atoms with E-state index in [-0.39, 0.29) is 40.8 Å². The van der Waals surface area contributed by atoms with Crippen LogP contribution in [-0.2, 0) is 9.53 Å². The number of hydrogen-bond donors (Lipinski definition) is 0. The lowest BCUT2D eigenvalue weighted by atomic mass is 9.60. The Morgan fingerprint density at radius 2 is 2.04 bits per heavy atom. The standard InChI is InChI=1S/C20H21NO4/c1-3-20(13-19(22)25-4-2)14-9-11-15(17(20)12-10-14)16-7-5-6-8-18(16)21(23)24/h3,5-12,14-15,17H,1,4,13H2,2H3/t14-,15+,17-,20+/m1/s1. The molecule has 0 aromatic heterocycles. The average molecular weight is 339 g/mol. The van der Waals surface area contributed by atoms with Crippen molar-refractivity contribution in [1.29, 1.82) is 0 Å². The van der Waals surface area contributed by atoms with Gasteiger partial charge in [0.1, 0.15) is 0 Å². The van der Waals surface area contributed by atoms with E-state index in [1.165, 1.54) is 6.07 Å². The number of carbonyl (C=O) groups is 1. The Morgan fingerprint density at radius 1 is 1.32 bits per heavy atom. The number of para-hydroxylation sites is 1. The van der Waals surface area contributed by atoms with Crippen LogP contribution in [-0.4, -0.2) is 17.5 Å². The fourth-order valence-corrected chi connectivity index (χ4v) is 4.15. The second-order valence-corrected chi connectivity index (χ2v) is 6.46. The predicted octanol–water partition coefficient (Wildman–Crippen LogP) is 4.18. The molecule has 2 aliphatic rings. The van der Waals surface area contributed by atoms with E-state index in [2.05, 4.69) is 18.7 Å². The van der Waals surface area contributed by atoms with Crippen molar-refractivity contribution in [2.24, 2.45) is 17.3 Å². The van der Waals surface area contributed by atoms with Crippen LogP contribution in [0.15, 0.2) is 61.2 Å². The van der Waals surface area contributed by atoms with Crippen molar-refractivity contribution >= 4 is 11.7 Å². The summed E-state index contributed by atoms with van der Waals surface area (Å²) >= 11 is 0. The molecule has 2 bridgehead atoms. The Kier molecular flexibility index (Phi) is 4.57. The molecule has 2 aliphatic carbocycles. The highest BCUT2D eigenvalue weighted by Crippen LogP contribution is 2.57. The molecule has 0 N–H and O–H groups in total. The van der Waals surface area contributed by atoms with E-state index in [1.54, 1.807) is 19.1 Å². The van der Waals surface area contributed by atoms with E-state index in [9.17, 15) is 14.9 Å². The van der Waals surface area contributed by atoms with Crippen molar-refractivity contribution in [2.75, 3.05) is 6.61 Å². The molecule has 1 aromatic rings. The average Bonchev–Trinajstić information content (AvgIpc) is 2.79. The van der Waals surface area contributed by atoms with E-state index < -0.39 is 5.41 Å². The number of benzene rings is 1. The summed E-state index contributed by atoms with van der Waals surface area (Å²) in [6.45, 7) is 6.09. The molecule has 0 unspecified atom stereocenters. The first-order valence-electron chi connectivity index (χ1n) is 8.42. The SMILES string of the molecule is C=C[C@]1(CC(=O)OCC)[C@H]2C=C[C@@H]1[C@H](c1ccccc1[N+](=O)[O-])C=C2. The van der Waals surface area contributed by atoms with Crippen LogP contribution in [0.5, 0.6) is 0 Å². The van der Waals surface area contributed by atoms with Gasteiger partial charge in [0, 0.05) is 28.9 Å². The van der Waals surface area contributed by atoms with Gasteiger partial charge in [-0.3, -0.25) is 14.9 Å². The maximum Gasteiger partial charge on any atom is 0.306 e. The normalized spacial score (nSPS) is 29.4. The zero-order valence-corrected chi connectivity index (χ0v) is 14.1. The lowest BCUT2D eigenvalue weighted by molar-refractivity contribution is -0.385. The zero-order valence-electron chi connectivity index (χ0n) is 14.1. The number of carbonyl (C=O) groups excluding carboxylic acids is 1. The highest BCUT2D eigenvalue weighted by atomic mass is 16.6. The number of esters is 1. The van der Waals surface area contributed by atoms with Crippen LogP contribution in [0.25, 0.3) is 0 Å². The zero-order chi connectivity index (χ0) is 18.0. The number of rotatable bonds is 6. The molecule has 3 rings (SSSR count). The second-order valence-electron chi connectivity index (χ2n) is 6.46. The maximum atomic E-state index is 12.2. The molecule has 0 radical (unpaired) electrons. The van der Waals surface area contributed by atoms with Crippen molar-refractivity contribution in [2.45, 2.75) is 19.3 Å². The first-order valence-corrected chi connectivity index (χ1v) is 8.42. The Morgan fingerprint density at radius 3 is 2.72 bits per heavy atom. The molecule has 130 valence electrons. The molecule has 4 atom stereocenters. The lowest BCUT2D eigenvalue weighted by Gasteiger charge is -2.42. The summed E-state index contributed by atoms with van der Waals surface area (Å²) in [6, 6.07) is 6.79. The van der Waals surface area contributed by atoms with Gasteiger partial charge in [0.15, 0.2) is 0 Å². The lowest BCUT2D eigenvalue weighted by Crippen LogP contribution is -2.38. The van der Waals surface area contributed by atoms with Gasteiger partial charge in [0.2, 0.25) is 0 Å². The summed E-state index contributed by atoms with van der Waals surface area (Å²) < 4.78 is 5.15. The molecule has 0 amide bonds. The van der Waals surface area contributed by atoms with E-state index >= 15 is 0 Å². The molecule has 5 nitrogen and oxygen atoms in total. The fraction of sp³-hybridized carbons (Fsp3) is 0.350. The minimum atomic E-state index is -0.505. The number of hydrogen-bond acceptors (Lipinski definition) is 4. The number of nitrogens with zero attached hydrogens (tertiary/aromatic N) is 1. The van der Waals surface area contributed by atoms with E-state index in [1.807, 2.05) is 24.3 Å². The second kappa shape index (κ2) is 6.67. The molecule has 0 saturated carbocycles. The van der Waals surface area contributed by atoms with Crippen molar-refractivity contribution in [3.05, 3.63) is 76.9 Å². The van der Waals surface area contributed by atoms with Crippen LogP contribution >= 0.6 is 0 Å². The molecule has 0 spiro atoms. The first kappa shape index (κ1) is 17.1. The van der Waals surface area contributed by atoms with Crippen LogP contribution in [0, 0.1) is 27.4 Å². The molecular formula is C20H21NO4. The third-order valence-electron chi connectivity index (χ3n) is 5.31. The van der Waals surface area contributed by atoms with Crippen LogP contribution in [0.3, 0.4) is 0 Å². The summed E-state index contributed by atoms with van der Waals surface area (Å²) in [7, 11) is 0. The Bertz CT molecular complexity index is 767. The summed E-state index contributed by atoms with van der Waals surface area (Å²) in [6.07, 6.45) is 10.2. The van der Waals surface area contributed by atoms with Gasteiger partial charge < -0.3 is 4.74 Å². The largest absolute Gasteiger partial charge is 0.466 e. The Hall–Kier alpha value is -2.69. The Balaban J connectivity index is 2.02. The quantitative estimate of drug-likeness (QED) is 0.337. The summed E-state index contributed by atoms with van der Waals surface area (Å²) in [5, 5.41) is 11.4. The molecule has 1 aromatic carbocycles. The number of allylic oxidation sites excluding steroid dienone is 5. The van der Waals surface area contributed by atoms with Crippen molar-refractivity contribution in [1.82, 2.24) is 0 Å². The summed E-state index contributed by atoms with van der Waals surface area (Å²) in [4.78, 5) is 23.3. The molecule has 0 saturated heterocycles. The number of fused-ring (bicyclic) bond motifs is 2. The van der Waals surface area contributed by atoms with Crippen LogP contribution in [0.2, 0.25) is 0 Å². The minimum absolute atomic E-state index is 0.0541. The molecule has 25 heavy (non-hydrogen) atoms. The maximum absolute atomic E-state index is 12.2. The smallest absolute Gasteiger partial charge is 0.306 e. The van der Waals surface area contributed by atoms with Crippen LogP contribution < -0.4 is 0 Å². The van der Waals surface area contributed by atoms with Gasteiger partial charge in [-0.1, -0.05) is 48.6 Å².